The molecular formula is C16H17NO3. The minimum Gasteiger partial charge on any atom is -0.464 e. The topological polar surface area (TPSA) is 62.5 Å². The van der Waals surface area contributed by atoms with E-state index in [-0.39, 0.29) is 12.5 Å². The van der Waals surface area contributed by atoms with Gasteiger partial charge in [-0.2, -0.15) is 0 Å². The zero-order chi connectivity index (χ0) is 14.4. The van der Waals surface area contributed by atoms with Gasteiger partial charge in [0, 0.05) is 6.08 Å². The lowest BCUT2D eigenvalue weighted by Gasteiger charge is -2.07. The number of aliphatic hydroxyl groups excluding tert-OH is 1. The van der Waals surface area contributed by atoms with Crippen molar-refractivity contribution in [1.82, 2.24) is 5.32 Å². The third-order valence-corrected chi connectivity index (χ3v) is 2.79. The number of hydrogen-bond acceptors (Lipinski definition) is 3. The molecular weight excluding hydrogens is 254 g/mol. The van der Waals surface area contributed by atoms with Crippen molar-refractivity contribution in [1.29, 1.82) is 0 Å². The smallest absolute Gasteiger partial charge is 0.244 e. The first-order valence-corrected chi connectivity index (χ1v) is 6.40. The number of benzene rings is 1. The van der Waals surface area contributed by atoms with Crippen LogP contribution < -0.4 is 5.32 Å². The molecule has 4 nitrogen and oxygen atoms in total. The van der Waals surface area contributed by atoms with Crippen LogP contribution in [0.3, 0.4) is 0 Å². The van der Waals surface area contributed by atoms with Crippen molar-refractivity contribution in [2.24, 2.45) is 0 Å². The monoisotopic (exact) mass is 271 g/mol. The van der Waals surface area contributed by atoms with E-state index in [0.29, 0.717) is 5.76 Å². The van der Waals surface area contributed by atoms with Gasteiger partial charge in [-0.1, -0.05) is 30.3 Å². The number of nitrogens with one attached hydrogen (secondary N) is 1. The first kappa shape index (κ1) is 14.1. The minimum atomic E-state index is -0.835. The molecule has 1 aromatic carbocycles. The van der Waals surface area contributed by atoms with Crippen LogP contribution in [0.5, 0.6) is 0 Å². The van der Waals surface area contributed by atoms with Crippen LogP contribution in [-0.4, -0.2) is 17.6 Å². The maximum absolute atomic E-state index is 11.6. The molecule has 0 radical (unpaired) electrons. The molecule has 0 aliphatic heterocycles. The Morgan fingerprint density at radius 1 is 1.30 bits per heavy atom. The molecule has 1 amide bonds. The molecule has 0 bridgehead atoms. The van der Waals surface area contributed by atoms with Gasteiger partial charge >= 0.3 is 0 Å². The Morgan fingerprint density at radius 3 is 2.70 bits per heavy atom. The average molecular weight is 271 g/mol. The molecule has 2 aromatic rings. The van der Waals surface area contributed by atoms with Gasteiger partial charge in [-0.05, 0) is 30.7 Å². The molecule has 0 aliphatic carbocycles. The van der Waals surface area contributed by atoms with Gasteiger partial charge in [-0.15, -0.1) is 0 Å². The van der Waals surface area contributed by atoms with E-state index >= 15 is 0 Å². The Morgan fingerprint density at radius 2 is 2.05 bits per heavy atom. The molecule has 0 aliphatic rings. The summed E-state index contributed by atoms with van der Waals surface area (Å²) in [6, 6.07) is 13.0. The molecule has 0 saturated carbocycles. The highest BCUT2D eigenvalue weighted by Crippen LogP contribution is 2.14. The first-order valence-electron chi connectivity index (χ1n) is 6.40. The van der Waals surface area contributed by atoms with Crippen LogP contribution >= 0.6 is 0 Å². The predicted octanol–water partition coefficient (Wildman–Crippen LogP) is 2.45. The standard InChI is InChI=1S/C16H17NO3/c1-12-7-9-15(20-12)14(18)11-17-16(19)10-8-13-5-3-2-4-6-13/h2-10,14,18H,11H2,1H3,(H,17,19)/b10-8+/t14-/m1/s1. The third-order valence-electron chi connectivity index (χ3n) is 2.79. The number of aryl methyl sites for hydroxylation is 1. The van der Waals surface area contributed by atoms with Crippen LogP contribution in [-0.2, 0) is 4.79 Å². The van der Waals surface area contributed by atoms with Crippen LogP contribution in [0.1, 0.15) is 23.2 Å². The van der Waals surface area contributed by atoms with E-state index in [2.05, 4.69) is 5.32 Å². The second-order valence-electron chi connectivity index (χ2n) is 4.45. The van der Waals surface area contributed by atoms with Gasteiger partial charge < -0.3 is 14.8 Å². The number of carbonyl (C=O) groups excluding carboxylic acids is 1. The summed E-state index contributed by atoms with van der Waals surface area (Å²) in [6.45, 7) is 1.92. The Balaban J connectivity index is 1.82. The minimum absolute atomic E-state index is 0.116. The van der Waals surface area contributed by atoms with Crippen molar-refractivity contribution in [3.8, 4) is 0 Å². The van der Waals surface area contributed by atoms with Crippen LogP contribution in [0, 0.1) is 6.92 Å². The summed E-state index contributed by atoms with van der Waals surface area (Å²) in [5.74, 6) is 0.931. The van der Waals surface area contributed by atoms with Crippen molar-refractivity contribution in [2.75, 3.05) is 6.54 Å². The number of rotatable bonds is 5. The quantitative estimate of drug-likeness (QED) is 0.821. The van der Waals surface area contributed by atoms with E-state index in [4.69, 9.17) is 4.42 Å². The fourth-order valence-electron chi connectivity index (χ4n) is 1.73. The van der Waals surface area contributed by atoms with Gasteiger partial charge in [-0.25, -0.2) is 0 Å². The molecule has 2 N–H and O–H groups in total. The SMILES string of the molecule is Cc1ccc([C@H](O)CNC(=O)/C=C/c2ccccc2)o1. The molecule has 1 atom stereocenters. The molecule has 2 rings (SSSR count). The number of aliphatic hydroxyl groups is 1. The number of hydrogen-bond donors (Lipinski definition) is 2. The zero-order valence-electron chi connectivity index (χ0n) is 11.2. The first-order chi connectivity index (χ1) is 9.65. The number of carbonyl (C=O) groups is 1. The summed E-state index contributed by atoms with van der Waals surface area (Å²) in [4.78, 5) is 11.6. The van der Waals surface area contributed by atoms with Crippen LogP contribution in [0.25, 0.3) is 6.08 Å². The summed E-state index contributed by atoms with van der Waals surface area (Å²) < 4.78 is 5.29. The van der Waals surface area contributed by atoms with Gasteiger partial charge in [0.2, 0.25) is 5.91 Å². The summed E-state index contributed by atoms with van der Waals surface area (Å²) in [5, 5.41) is 12.5. The van der Waals surface area contributed by atoms with E-state index in [0.717, 1.165) is 11.3 Å². The summed E-state index contributed by atoms with van der Waals surface area (Å²) in [7, 11) is 0. The van der Waals surface area contributed by atoms with Gasteiger partial charge in [0.15, 0.2) is 0 Å². The van der Waals surface area contributed by atoms with Gasteiger partial charge in [0.25, 0.3) is 0 Å². The molecule has 0 unspecified atom stereocenters. The molecule has 104 valence electrons. The number of furan rings is 1. The van der Waals surface area contributed by atoms with E-state index in [1.165, 1.54) is 6.08 Å². The molecule has 20 heavy (non-hydrogen) atoms. The van der Waals surface area contributed by atoms with E-state index in [9.17, 15) is 9.90 Å². The third kappa shape index (κ3) is 4.10. The van der Waals surface area contributed by atoms with E-state index in [1.54, 1.807) is 25.1 Å². The molecule has 0 fully saturated rings. The fourth-order valence-corrected chi connectivity index (χ4v) is 1.73. The van der Waals surface area contributed by atoms with Crippen molar-refractivity contribution in [3.05, 3.63) is 65.6 Å². The second kappa shape index (κ2) is 6.73. The average Bonchev–Trinajstić information content (AvgIpc) is 2.90. The predicted molar refractivity (Wildman–Crippen MR) is 76.9 cm³/mol. The van der Waals surface area contributed by atoms with Crippen LogP contribution in [0.4, 0.5) is 0 Å². The summed E-state index contributed by atoms with van der Waals surface area (Å²) >= 11 is 0. The Hall–Kier alpha value is -2.33. The lowest BCUT2D eigenvalue weighted by molar-refractivity contribution is -0.116. The van der Waals surface area contributed by atoms with Crippen molar-refractivity contribution < 1.29 is 14.3 Å². The summed E-state index contributed by atoms with van der Waals surface area (Å²) in [5.41, 5.74) is 0.949. The van der Waals surface area contributed by atoms with Crippen LogP contribution in [0.2, 0.25) is 0 Å². The Labute approximate surface area is 117 Å². The largest absolute Gasteiger partial charge is 0.464 e. The number of amides is 1. The van der Waals surface area contributed by atoms with E-state index in [1.807, 2.05) is 30.3 Å². The lowest BCUT2D eigenvalue weighted by Crippen LogP contribution is -2.26. The normalized spacial score (nSPS) is 12.5. The maximum atomic E-state index is 11.6. The van der Waals surface area contributed by atoms with Gasteiger partial charge in [0.05, 0.1) is 6.54 Å². The van der Waals surface area contributed by atoms with Gasteiger partial charge in [-0.3, -0.25) is 4.79 Å². The zero-order valence-corrected chi connectivity index (χ0v) is 11.2. The van der Waals surface area contributed by atoms with Gasteiger partial charge in [0.1, 0.15) is 17.6 Å². The van der Waals surface area contributed by atoms with Crippen LogP contribution in [0.15, 0.2) is 53.0 Å². The molecule has 1 aromatic heterocycles. The molecule has 0 saturated heterocycles. The summed E-state index contributed by atoms with van der Waals surface area (Å²) in [6.07, 6.45) is 2.33. The highest BCUT2D eigenvalue weighted by atomic mass is 16.4. The van der Waals surface area contributed by atoms with E-state index < -0.39 is 6.10 Å². The molecule has 1 heterocycles. The van der Waals surface area contributed by atoms with Crippen molar-refractivity contribution >= 4 is 12.0 Å². The second-order valence-corrected chi connectivity index (χ2v) is 4.45. The highest BCUT2D eigenvalue weighted by Gasteiger charge is 2.11. The Bertz CT molecular complexity index is 587. The van der Waals surface area contributed by atoms with Crippen molar-refractivity contribution in [2.45, 2.75) is 13.0 Å². The van der Waals surface area contributed by atoms with Crippen molar-refractivity contribution in [3.63, 3.8) is 0 Å². The molecule has 4 heteroatoms. The molecule has 0 spiro atoms. The highest BCUT2D eigenvalue weighted by molar-refractivity contribution is 5.91. The Kier molecular flexibility index (Phi) is 4.74. The maximum Gasteiger partial charge on any atom is 0.244 e. The lowest BCUT2D eigenvalue weighted by atomic mass is 10.2. The fraction of sp³-hybridized carbons (Fsp3) is 0.188.